The van der Waals surface area contributed by atoms with Crippen LogP contribution in [0.1, 0.15) is 17.5 Å². The van der Waals surface area contributed by atoms with E-state index in [-0.39, 0.29) is 24.2 Å². The fourth-order valence-corrected chi connectivity index (χ4v) is 4.54. The minimum Gasteiger partial charge on any atom is -0.486 e. The van der Waals surface area contributed by atoms with E-state index in [1.54, 1.807) is 4.90 Å². The van der Waals surface area contributed by atoms with Gasteiger partial charge in [0.25, 0.3) is 0 Å². The monoisotopic (exact) mass is 451 g/mol. The van der Waals surface area contributed by atoms with Crippen molar-refractivity contribution in [2.45, 2.75) is 19.5 Å². The molecule has 8 heteroatoms. The molecule has 0 radical (unpaired) electrons. The molecule has 0 spiro atoms. The Labute approximate surface area is 193 Å². The molecule has 2 saturated heterocycles. The van der Waals surface area contributed by atoms with E-state index in [0.717, 1.165) is 44.1 Å². The summed E-state index contributed by atoms with van der Waals surface area (Å²) >= 11 is 0. The van der Waals surface area contributed by atoms with Crippen molar-refractivity contribution < 1.29 is 23.8 Å². The lowest BCUT2D eigenvalue weighted by Gasteiger charge is -2.27. The molecule has 2 aromatic rings. The number of fused-ring (bicyclic) bond motifs is 1. The van der Waals surface area contributed by atoms with E-state index in [1.165, 1.54) is 5.56 Å². The molecule has 2 aromatic carbocycles. The second kappa shape index (κ2) is 9.80. The number of benzene rings is 2. The smallest absolute Gasteiger partial charge is 0.227 e. The molecular weight excluding hydrogens is 422 g/mol. The molecule has 1 N–H and O–H groups in total. The number of nitrogens with zero attached hydrogens (tertiary/aromatic N) is 2. The topological polar surface area (TPSA) is 80.3 Å². The van der Waals surface area contributed by atoms with Crippen LogP contribution in [0.3, 0.4) is 0 Å². The van der Waals surface area contributed by atoms with Gasteiger partial charge in [-0.3, -0.25) is 14.5 Å². The fourth-order valence-electron chi connectivity index (χ4n) is 4.54. The van der Waals surface area contributed by atoms with Gasteiger partial charge in [0.05, 0.1) is 19.1 Å². The molecule has 2 fully saturated rings. The number of morpholine rings is 1. The van der Waals surface area contributed by atoms with Crippen LogP contribution in [0.25, 0.3) is 0 Å². The number of rotatable bonds is 6. The summed E-state index contributed by atoms with van der Waals surface area (Å²) in [5.74, 6) is 0.791. The number of ether oxygens (including phenoxy) is 3. The predicted molar refractivity (Wildman–Crippen MR) is 122 cm³/mol. The van der Waals surface area contributed by atoms with E-state index in [1.807, 2.05) is 30.3 Å². The SMILES string of the molecule is O=C(NCc1ccccc1CN1CCOCC1)[C@H]1CC(=O)N(c2ccc3c(c2)OCCO3)C1. The third kappa shape index (κ3) is 4.96. The number of carbonyl (C=O) groups excluding carboxylic acids is 2. The quantitative estimate of drug-likeness (QED) is 0.723. The zero-order valence-corrected chi connectivity index (χ0v) is 18.6. The molecule has 3 heterocycles. The number of hydrogen-bond acceptors (Lipinski definition) is 6. The summed E-state index contributed by atoms with van der Waals surface area (Å²) in [5.41, 5.74) is 3.04. The Morgan fingerprint density at radius 3 is 2.55 bits per heavy atom. The van der Waals surface area contributed by atoms with E-state index in [2.05, 4.69) is 22.3 Å². The molecule has 33 heavy (non-hydrogen) atoms. The summed E-state index contributed by atoms with van der Waals surface area (Å²) in [6.45, 7) is 6.02. The molecule has 1 atom stereocenters. The van der Waals surface area contributed by atoms with Gasteiger partial charge in [0.15, 0.2) is 11.5 Å². The Hall–Kier alpha value is -3.10. The summed E-state index contributed by atoms with van der Waals surface area (Å²) in [5, 5.41) is 3.06. The molecule has 0 saturated carbocycles. The maximum Gasteiger partial charge on any atom is 0.227 e. The van der Waals surface area contributed by atoms with Gasteiger partial charge in [-0.05, 0) is 23.3 Å². The lowest BCUT2D eigenvalue weighted by atomic mass is 10.1. The maximum atomic E-state index is 12.9. The minimum absolute atomic E-state index is 0.0560. The first kappa shape index (κ1) is 21.7. The number of carbonyl (C=O) groups is 2. The minimum atomic E-state index is -0.378. The molecule has 5 rings (SSSR count). The average molecular weight is 452 g/mol. The molecule has 0 bridgehead atoms. The summed E-state index contributed by atoms with van der Waals surface area (Å²) in [7, 11) is 0. The van der Waals surface area contributed by atoms with E-state index in [4.69, 9.17) is 14.2 Å². The van der Waals surface area contributed by atoms with Gasteiger partial charge in [-0.2, -0.15) is 0 Å². The Kier molecular flexibility index (Phi) is 6.46. The zero-order valence-electron chi connectivity index (χ0n) is 18.6. The normalized spacial score (nSPS) is 20.7. The lowest BCUT2D eigenvalue weighted by Crippen LogP contribution is -2.36. The Bertz CT molecular complexity index is 1020. The Morgan fingerprint density at radius 1 is 0.970 bits per heavy atom. The summed E-state index contributed by atoms with van der Waals surface area (Å²) in [6, 6.07) is 13.7. The Morgan fingerprint density at radius 2 is 1.73 bits per heavy atom. The largest absolute Gasteiger partial charge is 0.486 e. The Balaban J connectivity index is 1.20. The van der Waals surface area contributed by atoms with Crippen LogP contribution in [0.2, 0.25) is 0 Å². The van der Waals surface area contributed by atoms with Crippen LogP contribution in [0, 0.1) is 5.92 Å². The third-order valence-corrected chi connectivity index (χ3v) is 6.40. The lowest BCUT2D eigenvalue weighted by molar-refractivity contribution is -0.126. The highest BCUT2D eigenvalue weighted by Gasteiger charge is 2.35. The van der Waals surface area contributed by atoms with Crippen LogP contribution in [0.4, 0.5) is 5.69 Å². The second-order valence-corrected chi connectivity index (χ2v) is 8.61. The van der Waals surface area contributed by atoms with Crippen molar-refractivity contribution in [3.05, 3.63) is 53.6 Å². The van der Waals surface area contributed by atoms with Gasteiger partial charge in [0.1, 0.15) is 13.2 Å². The van der Waals surface area contributed by atoms with Crippen LogP contribution in [-0.2, 0) is 27.4 Å². The maximum absolute atomic E-state index is 12.9. The molecule has 8 nitrogen and oxygen atoms in total. The van der Waals surface area contributed by atoms with E-state index >= 15 is 0 Å². The fraction of sp³-hybridized carbons (Fsp3) is 0.440. The van der Waals surface area contributed by atoms with Crippen LogP contribution in [0.5, 0.6) is 11.5 Å². The van der Waals surface area contributed by atoms with Gasteiger partial charge < -0.3 is 24.4 Å². The van der Waals surface area contributed by atoms with Crippen molar-refractivity contribution in [1.29, 1.82) is 0 Å². The molecule has 0 aromatic heterocycles. The molecule has 3 aliphatic rings. The molecule has 3 aliphatic heterocycles. The summed E-state index contributed by atoms with van der Waals surface area (Å²) in [6.07, 6.45) is 0.204. The number of nitrogens with one attached hydrogen (secondary N) is 1. The van der Waals surface area contributed by atoms with Gasteiger partial charge in [0.2, 0.25) is 11.8 Å². The molecular formula is C25H29N3O5. The molecule has 0 aliphatic carbocycles. The first-order valence-electron chi connectivity index (χ1n) is 11.5. The van der Waals surface area contributed by atoms with Gasteiger partial charge in [-0.1, -0.05) is 24.3 Å². The molecule has 0 unspecified atom stereocenters. The van der Waals surface area contributed by atoms with Gasteiger partial charge in [-0.25, -0.2) is 0 Å². The van der Waals surface area contributed by atoms with E-state index in [0.29, 0.717) is 37.8 Å². The van der Waals surface area contributed by atoms with E-state index in [9.17, 15) is 9.59 Å². The van der Waals surface area contributed by atoms with Crippen LogP contribution in [0.15, 0.2) is 42.5 Å². The summed E-state index contributed by atoms with van der Waals surface area (Å²) in [4.78, 5) is 29.6. The van der Waals surface area contributed by atoms with Crippen LogP contribution in [-0.4, -0.2) is 62.8 Å². The number of amides is 2. The highest BCUT2D eigenvalue weighted by Crippen LogP contribution is 2.36. The molecule has 2 amide bonds. The van der Waals surface area contributed by atoms with Crippen molar-refractivity contribution in [3.63, 3.8) is 0 Å². The molecule has 174 valence electrons. The van der Waals surface area contributed by atoms with Crippen LogP contribution < -0.4 is 19.7 Å². The predicted octanol–water partition coefficient (Wildman–Crippen LogP) is 1.96. The van der Waals surface area contributed by atoms with Crippen molar-refractivity contribution in [2.75, 3.05) is 51.0 Å². The number of hydrogen-bond donors (Lipinski definition) is 1. The van der Waals surface area contributed by atoms with Gasteiger partial charge in [0, 0.05) is 50.9 Å². The highest BCUT2D eigenvalue weighted by molar-refractivity contribution is 6.00. The van der Waals surface area contributed by atoms with Crippen molar-refractivity contribution in [3.8, 4) is 11.5 Å². The van der Waals surface area contributed by atoms with Gasteiger partial charge in [-0.15, -0.1) is 0 Å². The van der Waals surface area contributed by atoms with E-state index < -0.39 is 0 Å². The van der Waals surface area contributed by atoms with Crippen LogP contribution >= 0.6 is 0 Å². The first-order valence-corrected chi connectivity index (χ1v) is 11.5. The number of anilines is 1. The van der Waals surface area contributed by atoms with Crippen molar-refractivity contribution in [2.24, 2.45) is 5.92 Å². The van der Waals surface area contributed by atoms with Gasteiger partial charge >= 0.3 is 0 Å². The average Bonchev–Trinajstić information content (AvgIpc) is 3.25. The highest BCUT2D eigenvalue weighted by atomic mass is 16.6. The summed E-state index contributed by atoms with van der Waals surface area (Å²) < 4.78 is 16.6. The zero-order chi connectivity index (χ0) is 22.6. The van der Waals surface area contributed by atoms with Crippen molar-refractivity contribution in [1.82, 2.24) is 10.2 Å². The third-order valence-electron chi connectivity index (χ3n) is 6.40. The van der Waals surface area contributed by atoms with Crippen molar-refractivity contribution >= 4 is 17.5 Å². The second-order valence-electron chi connectivity index (χ2n) is 8.61. The first-order chi connectivity index (χ1) is 16.2. The standard InChI is InChI=1S/C25H29N3O5/c29-24-13-20(17-28(24)21-5-6-22-23(14-21)33-12-11-32-22)25(30)26-15-18-3-1-2-4-19(18)16-27-7-9-31-10-8-27/h1-6,14,20H,7-13,15-17H2,(H,26,30)/t20-/m0/s1.